The fourth-order valence-electron chi connectivity index (χ4n) is 0. The van der Waals surface area contributed by atoms with Crippen LogP contribution in [0.3, 0.4) is 0 Å². The van der Waals surface area contributed by atoms with E-state index in [0.717, 1.165) is 0 Å². The number of hydrogen-bond acceptors (Lipinski definition) is 0. The van der Waals surface area contributed by atoms with E-state index in [-0.39, 0.29) is 100 Å². The minimum atomic E-state index is 0. The SMILES string of the molecule is [Ag].[Cu].[Pd].[Pt].[Ru]. The van der Waals surface area contributed by atoms with E-state index >= 15 is 0 Å². The van der Waals surface area contributed by atoms with Gasteiger partial charge in [-0.25, -0.2) is 0 Å². The monoisotopic (exact) mass is 573 g/mol. The van der Waals surface area contributed by atoms with Crippen LogP contribution in [0.1, 0.15) is 0 Å². The van der Waals surface area contributed by atoms with Gasteiger partial charge in [-0.1, -0.05) is 0 Å². The van der Waals surface area contributed by atoms with Gasteiger partial charge in [0.25, 0.3) is 0 Å². The molecule has 0 rings (SSSR count). The van der Waals surface area contributed by atoms with Crippen LogP contribution in [-0.2, 0) is 100 Å². The van der Waals surface area contributed by atoms with Crippen molar-refractivity contribution in [3.8, 4) is 0 Å². The summed E-state index contributed by atoms with van der Waals surface area (Å²) < 4.78 is 0. The van der Waals surface area contributed by atoms with Gasteiger partial charge in [-0.3, -0.25) is 0 Å². The zero-order chi connectivity index (χ0) is 0. The normalized spacial score (nSPS) is 0. The van der Waals surface area contributed by atoms with E-state index in [0.29, 0.717) is 0 Å². The third-order valence-electron chi connectivity index (χ3n) is 0. The maximum Gasteiger partial charge on any atom is 0 e. The fraction of sp³-hybridized carbons (Fsp3) is 0. The van der Waals surface area contributed by atoms with Crippen molar-refractivity contribution in [2.24, 2.45) is 0 Å². The predicted molar refractivity (Wildman–Crippen MR) is 0 cm³/mol. The standard InChI is InChI=1S/Ag.Cu.Pd.Pt.Ru. The van der Waals surface area contributed by atoms with E-state index in [9.17, 15) is 0 Å². The van der Waals surface area contributed by atoms with Gasteiger partial charge in [0.1, 0.15) is 0 Å². The average molecular weight is 574 g/mol. The van der Waals surface area contributed by atoms with Gasteiger partial charge in [-0.2, -0.15) is 0 Å². The van der Waals surface area contributed by atoms with Crippen LogP contribution in [0.4, 0.5) is 0 Å². The molecule has 0 spiro atoms. The van der Waals surface area contributed by atoms with Crippen molar-refractivity contribution in [1.29, 1.82) is 0 Å². The Balaban J connectivity index is 0. The Morgan fingerprint density at radius 2 is 1.00 bits per heavy atom. The fourth-order valence-corrected chi connectivity index (χ4v) is 0. The molecule has 0 N–H and O–H groups in total. The largest absolute Gasteiger partial charge is 0 e. The Kier molecular flexibility index (Phi) is 222. The van der Waals surface area contributed by atoms with Crippen LogP contribution in [0, 0.1) is 0 Å². The summed E-state index contributed by atoms with van der Waals surface area (Å²) in [6.07, 6.45) is 0. The first kappa shape index (κ1) is 41.2. The molecular formula is AgCuPdPtRu. The van der Waals surface area contributed by atoms with E-state index in [4.69, 9.17) is 0 Å². The summed E-state index contributed by atoms with van der Waals surface area (Å²) in [6.45, 7) is 0. The Hall–Kier alpha value is 3.23. The van der Waals surface area contributed by atoms with E-state index < -0.39 is 0 Å². The molecule has 2 radical (unpaired) electrons. The van der Waals surface area contributed by atoms with Gasteiger partial charge < -0.3 is 0 Å². The maximum absolute atomic E-state index is 0. The molecule has 0 aromatic rings. The first-order valence-corrected chi connectivity index (χ1v) is 0. The Labute approximate surface area is 98.6 Å². The molecule has 0 atom stereocenters. The molecule has 5 heavy (non-hydrogen) atoms. The third kappa shape index (κ3) is 18.9. The number of rotatable bonds is 0. The molecule has 0 aromatic carbocycles. The molecule has 0 heterocycles. The van der Waals surface area contributed by atoms with Crippen molar-refractivity contribution in [1.82, 2.24) is 0 Å². The first-order valence-electron chi connectivity index (χ1n) is 0. The quantitative estimate of drug-likeness (QED) is 0.358. The van der Waals surface area contributed by atoms with Crippen LogP contribution >= 0.6 is 0 Å². The van der Waals surface area contributed by atoms with Crippen molar-refractivity contribution in [3.63, 3.8) is 0 Å². The van der Waals surface area contributed by atoms with E-state index in [1.54, 1.807) is 0 Å². The molecule has 0 nitrogen and oxygen atoms in total. The molecule has 0 saturated heterocycles. The summed E-state index contributed by atoms with van der Waals surface area (Å²) in [5, 5.41) is 0. The summed E-state index contributed by atoms with van der Waals surface area (Å²) >= 11 is 0. The van der Waals surface area contributed by atoms with Gasteiger partial charge in [0.2, 0.25) is 0 Å². The smallest absolute Gasteiger partial charge is 0 e. The molecule has 50 valence electrons. The van der Waals surface area contributed by atoms with Gasteiger partial charge in [-0.05, 0) is 0 Å². The van der Waals surface area contributed by atoms with Crippen LogP contribution in [0.25, 0.3) is 0 Å². The van der Waals surface area contributed by atoms with Crippen LogP contribution < -0.4 is 0 Å². The third-order valence-corrected chi connectivity index (χ3v) is 0. The molecule has 0 aliphatic rings. The Morgan fingerprint density at radius 3 is 1.00 bits per heavy atom. The van der Waals surface area contributed by atoms with Crippen LogP contribution in [0.15, 0.2) is 0 Å². The molecule has 0 aliphatic heterocycles. The second kappa shape index (κ2) is 26.9. The zero-order valence-corrected chi connectivity index (χ0v) is 9.58. The molecule has 0 fully saturated rings. The summed E-state index contributed by atoms with van der Waals surface area (Å²) in [5.41, 5.74) is 0. The van der Waals surface area contributed by atoms with Gasteiger partial charge in [0.05, 0.1) is 0 Å². The van der Waals surface area contributed by atoms with Gasteiger partial charge in [0, 0.05) is 100 Å². The molecule has 0 unspecified atom stereocenters. The number of hydrogen-bond donors (Lipinski definition) is 0. The second-order valence-electron chi connectivity index (χ2n) is 0. The minimum Gasteiger partial charge on any atom is 0 e. The average Bonchev–Trinajstić information content (AvgIpc) is 0. The van der Waals surface area contributed by atoms with Crippen LogP contribution in [-0.4, -0.2) is 0 Å². The zero-order valence-electron chi connectivity index (χ0n) is 1.59. The van der Waals surface area contributed by atoms with Gasteiger partial charge >= 0.3 is 0 Å². The summed E-state index contributed by atoms with van der Waals surface area (Å²) in [6, 6.07) is 0. The van der Waals surface area contributed by atoms with Crippen molar-refractivity contribution in [2.45, 2.75) is 0 Å². The second-order valence-corrected chi connectivity index (χ2v) is 0. The Bertz CT molecular complexity index is 11.6. The summed E-state index contributed by atoms with van der Waals surface area (Å²) in [4.78, 5) is 0. The van der Waals surface area contributed by atoms with Crippen molar-refractivity contribution in [2.75, 3.05) is 0 Å². The van der Waals surface area contributed by atoms with Crippen molar-refractivity contribution in [3.05, 3.63) is 0 Å². The molecule has 0 bridgehead atoms. The van der Waals surface area contributed by atoms with Crippen molar-refractivity contribution < 1.29 is 100 Å². The molecule has 0 aromatic heterocycles. The molecule has 0 amide bonds. The molecule has 0 aliphatic carbocycles. The van der Waals surface area contributed by atoms with E-state index in [1.807, 2.05) is 0 Å². The van der Waals surface area contributed by atoms with E-state index in [1.165, 1.54) is 0 Å². The minimum absolute atomic E-state index is 0. The summed E-state index contributed by atoms with van der Waals surface area (Å²) in [5.74, 6) is 0. The predicted octanol–water partition coefficient (Wildman–Crippen LogP) is -0.0125. The molecular weight excluding hydrogens is 574 g/mol. The first-order chi connectivity index (χ1) is 0. The summed E-state index contributed by atoms with van der Waals surface area (Å²) in [7, 11) is 0. The Morgan fingerprint density at radius 1 is 1.00 bits per heavy atom. The van der Waals surface area contributed by atoms with Crippen LogP contribution in [0.2, 0.25) is 0 Å². The topological polar surface area (TPSA) is 0 Å². The van der Waals surface area contributed by atoms with Gasteiger partial charge in [-0.15, -0.1) is 0 Å². The molecule has 0 saturated carbocycles. The van der Waals surface area contributed by atoms with Crippen molar-refractivity contribution >= 4 is 0 Å². The maximum atomic E-state index is 0. The van der Waals surface area contributed by atoms with E-state index in [2.05, 4.69) is 0 Å². The van der Waals surface area contributed by atoms with Crippen LogP contribution in [0.5, 0.6) is 0 Å². The molecule has 5 heteroatoms. The van der Waals surface area contributed by atoms with Gasteiger partial charge in [0.15, 0.2) is 0 Å².